The average molecular weight is 264 g/mol. The van der Waals surface area contributed by atoms with Gasteiger partial charge < -0.3 is 16.2 Å². The molecule has 104 valence electrons. The molecule has 0 aliphatic heterocycles. The van der Waals surface area contributed by atoms with Crippen LogP contribution in [0.25, 0.3) is 0 Å². The summed E-state index contributed by atoms with van der Waals surface area (Å²) >= 11 is 0. The summed E-state index contributed by atoms with van der Waals surface area (Å²) in [6.07, 6.45) is 0.214. The highest BCUT2D eigenvalue weighted by Crippen LogP contribution is 2.21. The van der Waals surface area contributed by atoms with E-state index in [2.05, 4.69) is 5.32 Å². The third-order valence-electron chi connectivity index (χ3n) is 3.10. The van der Waals surface area contributed by atoms with E-state index < -0.39 is 11.5 Å². The molecule has 1 amide bonds. The third-order valence-corrected chi connectivity index (χ3v) is 3.10. The summed E-state index contributed by atoms with van der Waals surface area (Å²) in [5.74, 6) is -1.38. The molecule has 4 N–H and O–H groups in total. The third kappa shape index (κ3) is 3.79. The summed E-state index contributed by atoms with van der Waals surface area (Å²) in [4.78, 5) is 23.3. The van der Waals surface area contributed by atoms with E-state index in [0.29, 0.717) is 12.1 Å². The van der Waals surface area contributed by atoms with Gasteiger partial charge in [0, 0.05) is 6.42 Å². The van der Waals surface area contributed by atoms with Crippen molar-refractivity contribution >= 4 is 11.9 Å². The Morgan fingerprint density at radius 1 is 1.37 bits per heavy atom. The van der Waals surface area contributed by atoms with E-state index in [1.807, 2.05) is 6.92 Å². The van der Waals surface area contributed by atoms with E-state index in [1.165, 1.54) is 6.92 Å². The second kappa shape index (κ2) is 6.33. The molecule has 0 saturated carbocycles. The molecular weight excluding hydrogens is 244 g/mol. The molecule has 0 fully saturated rings. The lowest BCUT2D eigenvalue weighted by atomic mass is 9.91. The number of nitrogens with one attached hydrogen (secondary N) is 1. The van der Waals surface area contributed by atoms with Gasteiger partial charge in [-0.1, -0.05) is 37.3 Å². The van der Waals surface area contributed by atoms with Crippen molar-refractivity contribution in [3.05, 3.63) is 35.9 Å². The standard InChI is InChI=1S/C14H20N2O3/c1-10(9-15)8-12(17)16-14(2,13(18)19)11-6-4-3-5-7-11/h3-7,10H,8-9,15H2,1-2H3,(H,16,17)(H,18,19). The number of carboxylic acid groups (broad SMARTS) is 1. The Bertz CT molecular complexity index is 447. The predicted molar refractivity (Wildman–Crippen MR) is 72.4 cm³/mol. The summed E-state index contributed by atoms with van der Waals surface area (Å²) in [7, 11) is 0. The Balaban J connectivity index is 2.90. The number of nitrogens with two attached hydrogens (primary N) is 1. The number of carboxylic acids is 1. The van der Waals surface area contributed by atoms with Gasteiger partial charge in [-0.05, 0) is 24.9 Å². The second-order valence-electron chi connectivity index (χ2n) is 4.89. The SMILES string of the molecule is CC(CN)CC(=O)NC(C)(C(=O)O)c1ccccc1. The Labute approximate surface area is 112 Å². The summed E-state index contributed by atoms with van der Waals surface area (Å²) in [6.45, 7) is 3.72. The Hall–Kier alpha value is -1.88. The van der Waals surface area contributed by atoms with Crippen LogP contribution in [-0.2, 0) is 15.1 Å². The highest BCUT2D eigenvalue weighted by Gasteiger charge is 2.36. The van der Waals surface area contributed by atoms with E-state index in [0.717, 1.165) is 0 Å². The lowest BCUT2D eigenvalue weighted by Crippen LogP contribution is -2.50. The molecule has 2 atom stereocenters. The molecule has 0 heterocycles. The summed E-state index contributed by atoms with van der Waals surface area (Å²) in [5, 5.41) is 12.0. The van der Waals surface area contributed by atoms with Gasteiger partial charge in [0.05, 0.1) is 0 Å². The maximum absolute atomic E-state index is 11.9. The van der Waals surface area contributed by atoms with Gasteiger partial charge in [0.1, 0.15) is 0 Å². The van der Waals surface area contributed by atoms with Gasteiger partial charge in [0.25, 0.3) is 0 Å². The number of hydrogen-bond acceptors (Lipinski definition) is 3. The molecule has 0 aliphatic carbocycles. The number of carbonyl (C=O) groups is 2. The molecular formula is C14H20N2O3. The minimum atomic E-state index is -1.42. The van der Waals surface area contributed by atoms with E-state index in [-0.39, 0.29) is 18.2 Å². The van der Waals surface area contributed by atoms with Crippen LogP contribution in [0.4, 0.5) is 0 Å². The van der Waals surface area contributed by atoms with Crippen LogP contribution >= 0.6 is 0 Å². The monoisotopic (exact) mass is 264 g/mol. The van der Waals surface area contributed by atoms with E-state index in [4.69, 9.17) is 5.73 Å². The molecule has 2 unspecified atom stereocenters. The maximum Gasteiger partial charge on any atom is 0.333 e. The van der Waals surface area contributed by atoms with Gasteiger partial charge in [-0.25, -0.2) is 4.79 Å². The predicted octanol–water partition coefficient (Wildman–Crippen LogP) is 1.09. The van der Waals surface area contributed by atoms with E-state index >= 15 is 0 Å². The molecule has 0 radical (unpaired) electrons. The number of aliphatic carboxylic acids is 1. The molecule has 5 heteroatoms. The number of carbonyl (C=O) groups excluding carboxylic acids is 1. The van der Waals surface area contributed by atoms with Gasteiger partial charge in [-0.3, -0.25) is 4.79 Å². The van der Waals surface area contributed by atoms with Crippen LogP contribution in [-0.4, -0.2) is 23.5 Å². The molecule has 0 spiro atoms. The van der Waals surface area contributed by atoms with Crippen LogP contribution in [0.1, 0.15) is 25.8 Å². The van der Waals surface area contributed by atoms with Crippen LogP contribution in [0.2, 0.25) is 0 Å². The Morgan fingerprint density at radius 3 is 2.42 bits per heavy atom. The largest absolute Gasteiger partial charge is 0.479 e. The first-order chi connectivity index (χ1) is 8.90. The molecule has 0 saturated heterocycles. The molecule has 19 heavy (non-hydrogen) atoms. The van der Waals surface area contributed by atoms with Gasteiger partial charge in [-0.15, -0.1) is 0 Å². The van der Waals surface area contributed by atoms with Crippen molar-refractivity contribution in [1.82, 2.24) is 5.32 Å². The normalized spacial score (nSPS) is 15.3. The van der Waals surface area contributed by atoms with Crippen molar-refractivity contribution < 1.29 is 14.7 Å². The van der Waals surface area contributed by atoms with Crippen molar-refractivity contribution in [2.24, 2.45) is 11.7 Å². The minimum absolute atomic E-state index is 0.0221. The molecule has 1 rings (SSSR count). The maximum atomic E-state index is 11.9. The van der Waals surface area contributed by atoms with Gasteiger partial charge in [0.15, 0.2) is 5.54 Å². The topological polar surface area (TPSA) is 92.4 Å². The van der Waals surface area contributed by atoms with Crippen LogP contribution in [0.15, 0.2) is 30.3 Å². The Morgan fingerprint density at radius 2 is 1.95 bits per heavy atom. The first kappa shape index (κ1) is 15.2. The summed E-state index contributed by atoms with van der Waals surface area (Å²) in [6, 6.07) is 8.64. The van der Waals surface area contributed by atoms with Crippen LogP contribution in [0.5, 0.6) is 0 Å². The number of hydrogen-bond donors (Lipinski definition) is 3. The molecule has 1 aromatic rings. The van der Waals surface area contributed by atoms with Crippen LogP contribution in [0, 0.1) is 5.92 Å². The van der Waals surface area contributed by atoms with E-state index in [1.54, 1.807) is 30.3 Å². The van der Waals surface area contributed by atoms with Crippen LogP contribution < -0.4 is 11.1 Å². The van der Waals surface area contributed by atoms with Crippen molar-refractivity contribution in [1.29, 1.82) is 0 Å². The van der Waals surface area contributed by atoms with Crippen molar-refractivity contribution in [3.8, 4) is 0 Å². The van der Waals surface area contributed by atoms with Gasteiger partial charge >= 0.3 is 5.97 Å². The number of rotatable bonds is 6. The average Bonchev–Trinajstić information content (AvgIpc) is 2.39. The first-order valence-corrected chi connectivity index (χ1v) is 6.20. The number of benzene rings is 1. The van der Waals surface area contributed by atoms with Gasteiger partial charge in [0.2, 0.25) is 5.91 Å². The smallest absolute Gasteiger partial charge is 0.333 e. The fourth-order valence-electron chi connectivity index (χ4n) is 1.75. The Kier molecular flexibility index (Phi) is 5.06. The van der Waals surface area contributed by atoms with Crippen molar-refractivity contribution in [3.63, 3.8) is 0 Å². The molecule has 0 aromatic heterocycles. The molecule has 1 aromatic carbocycles. The fraction of sp³-hybridized carbons (Fsp3) is 0.429. The zero-order chi connectivity index (χ0) is 14.5. The minimum Gasteiger partial charge on any atom is -0.479 e. The highest BCUT2D eigenvalue weighted by atomic mass is 16.4. The quantitative estimate of drug-likeness (QED) is 0.717. The lowest BCUT2D eigenvalue weighted by Gasteiger charge is -2.27. The highest BCUT2D eigenvalue weighted by molar-refractivity contribution is 5.87. The molecule has 5 nitrogen and oxygen atoms in total. The summed E-state index contributed by atoms with van der Waals surface area (Å²) < 4.78 is 0. The van der Waals surface area contributed by atoms with Gasteiger partial charge in [-0.2, -0.15) is 0 Å². The fourth-order valence-corrected chi connectivity index (χ4v) is 1.75. The van der Waals surface area contributed by atoms with E-state index in [9.17, 15) is 14.7 Å². The zero-order valence-electron chi connectivity index (χ0n) is 11.2. The second-order valence-corrected chi connectivity index (χ2v) is 4.89. The zero-order valence-corrected chi connectivity index (χ0v) is 11.2. The van der Waals surface area contributed by atoms with Crippen LogP contribution in [0.3, 0.4) is 0 Å². The summed E-state index contributed by atoms with van der Waals surface area (Å²) in [5.41, 5.74) is 4.57. The number of amides is 1. The lowest BCUT2D eigenvalue weighted by molar-refractivity contribution is -0.147. The van der Waals surface area contributed by atoms with Crippen molar-refractivity contribution in [2.45, 2.75) is 25.8 Å². The first-order valence-electron chi connectivity index (χ1n) is 6.20. The molecule has 0 bridgehead atoms. The van der Waals surface area contributed by atoms with Crippen molar-refractivity contribution in [2.75, 3.05) is 6.54 Å². The molecule has 0 aliphatic rings.